The van der Waals surface area contributed by atoms with Crippen molar-refractivity contribution in [1.29, 1.82) is 0 Å². The fourth-order valence-electron chi connectivity index (χ4n) is 1.33. The van der Waals surface area contributed by atoms with Gasteiger partial charge >= 0.3 is 0 Å². The monoisotopic (exact) mass is 250 g/mol. The van der Waals surface area contributed by atoms with Crippen LogP contribution in [0.15, 0.2) is 30.6 Å². The number of aromatic amines is 1. The number of amides is 1. The molecule has 1 aromatic carbocycles. The molecule has 0 aliphatic rings. The van der Waals surface area contributed by atoms with Gasteiger partial charge in [0, 0.05) is 11.4 Å². The molecule has 0 bridgehead atoms. The quantitative estimate of drug-likeness (QED) is 0.808. The van der Waals surface area contributed by atoms with Crippen LogP contribution >= 0.6 is 11.6 Å². The van der Waals surface area contributed by atoms with E-state index in [0.717, 1.165) is 5.56 Å². The van der Waals surface area contributed by atoms with Gasteiger partial charge in [0.1, 0.15) is 12.2 Å². The van der Waals surface area contributed by atoms with Gasteiger partial charge in [0.15, 0.2) is 0 Å². The van der Waals surface area contributed by atoms with Crippen LogP contribution in [0.1, 0.15) is 21.7 Å². The molecule has 0 fully saturated rings. The normalized spacial score (nSPS) is 10.2. The zero-order valence-corrected chi connectivity index (χ0v) is 9.74. The van der Waals surface area contributed by atoms with Gasteiger partial charge in [-0.15, -0.1) is 11.6 Å². The fraction of sp³-hybridized carbons (Fsp3) is 0.182. The van der Waals surface area contributed by atoms with Crippen molar-refractivity contribution in [3.63, 3.8) is 0 Å². The van der Waals surface area contributed by atoms with Crippen LogP contribution in [0.3, 0.4) is 0 Å². The summed E-state index contributed by atoms with van der Waals surface area (Å²) in [5.41, 5.74) is 1.58. The predicted octanol–water partition coefficient (Wildman–Crippen LogP) is 1.47. The summed E-state index contributed by atoms with van der Waals surface area (Å²) in [5, 5.41) is 9.10. The summed E-state index contributed by atoms with van der Waals surface area (Å²) in [6.45, 7) is 0.329. The highest BCUT2D eigenvalue weighted by Crippen LogP contribution is 2.06. The number of hydrogen-bond acceptors (Lipinski definition) is 3. The zero-order valence-electron chi connectivity index (χ0n) is 8.98. The first-order valence-electron chi connectivity index (χ1n) is 5.07. The molecule has 2 rings (SSSR count). The molecular formula is C11H11ClN4O. The largest absolute Gasteiger partial charge is 0.345 e. The number of nitrogens with zero attached hydrogens (tertiary/aromatic N) is 2. The first kappa shape index (κ1) is 11.6. The number of carbonyl (C=O) groups is 1. The molecule has 2 N–H and O–H groups in total. The second kappa shape index (κ2) is 5.45. The zero-order chi connectivity index (χ0) is 12.1. The molecule has 0 aliphatic carbocycles. The van der Waals surface area contributed by atoms with Crippen molar-refractivity contribution < 1.29 is 4.79 Å². The molecule has 0 radical (unpaired) electrons. The van der Waals surface area contributed by atoms with Crippen LogP contribution in [-0.4, -0.2) is 21.1 Å². The van der Waals surface area contributed by atoms with Crippen molar-refractivity contribution in [2.75, 3.05) is 0 Å². The van der Waals surface area contributed by atoms with Crippen molar-refractivity contribution in [3.8, 4) is 0 Å². The van der Waals surface area contributed by atoms with E-state index in [2.05, 4.69) is 20.5 Å². The van der Waals surface area contributed by atoms with E-state index in [4.69, 9.17) is 11.6 Å². The standard InChI is InChI=1S/C11H11ClN4O/c12-5-8-1-3-9(4-2-8)11(17)13-6-10-14-7-15-16-10/h1-4,7H,5-6H2,(H,13,17)(H,14,15,16). The molecule has 5 nitrogen and oxygen atoms in total. The van der Waals surface area contributed by atoms with Gasteiger partial charge in [0.25, 0.3) is 5.91 Å². The lowest BCUT2D eigenvalue weighted by Crippen LogP contribution is -2.23. The van der Waals surface area contributed by atoms with Gasteiger partial charge < -0.3 is 5.32 Å². The van der Waals surface area contributed by atoms with Crippen LogP contribution in [0.25, 0.3) is 0 Å². The van der Waals surface area contributed by atoms with Crippen LogP contribution in [0.2, 0.25) is 0 Å². The minimum absolute atomic E-state index is 0.150. The highest BCUT2D eigenvalue weighted by molar-refractivity contribution is 6.17. The predicted molar refractivity (Wildman–Crippen MR) is 63.6 cm³/mol. The Morgan fingerprint density at radius 2 is 2.12 bits per heavy atom. The number of rotatable bonds is 4. The summed E-state index contributed by atoms with van der Waals surface area (Å²) < 4.78 is 0. The summed E-state index contributed by atoms with van der Waals surface area (Å²) in [6, 6.07) is 7.15. The number of alkyl halides is 1. The van der Waals surface area contributed by atoms with Crippen LogP contribution < -0.4 is 5.32 Å². The van der Waals surface area contributed by atoms with Gasteiger partial charge in [-0.05, 0) is 17.7 Å². The molecule has 88 valence electrons. The van der Waals surface area contributed by atoms with Crippen molar-refractivity contribution in [3.05, 3.63) is 47.5 Å². The Hall–Kier alpha value is -1.88. The highest BCUT2D eigenvalue weighted by atomic mass is 35.5. The SMILES string of the molecule is O=C(NCc1ncn[nH]1)c1ccc(CCl)cc1. The minimum Gasteiger partial charge on any atom is -0.345 e. The lowest BCUT2D eigenvalue weighted by molar-refractivity contribution is 0.0950. The molecule has 6 heteroatoms. The highest BCUT2D eigenvalue weighted by Gasteiger charge is 2.05. The number of halogens is 1. The van der Waals surface area contributed by atoms with Crippen LogP contribution in [0, 0.1) is 0 Å². The molecule has 1 amide bonds. The summed E-state index contributed by atoms with van der Waals surface area (Å²) >= 11 is 5.67. The van der Waals surface area contributed by atoms with Crippen LogP contribution in [-0.2, 0) is 12.4 Å². The van der Waals surface area contributed by atoms with Crippen molar-refractivity contribution >= 4 is 17.5 Å². The van der Waals surface area contributed by atoms with Gasteiger partial charge in [-0.2, -0.15) is 5.10 Å². The molecule has 0 aliphatic heterocycles. The van der Waals surface area contributed by atoms with E-state index >= 15 is 0 Å². The lowest BCUT2D eigenvalue weighted by Gasteiger charge is -2.03. The van der Waals surface area contributed by atoms with Crippen LogP contribution in [0.5, 0.6) is 0 Å². The Labute approximate surface area is 103 Å². The molecule has 1 aromatic heterocycles. The van der Waals surface area contributed by atoms with Crippen molar-refractivity contribution in [2.45, 2.75) is 12.4 Å². The number of H-pyrrole nitrogens is 1. The molecule has 0 saturated carbocycles. The van der Waals surface area contributed by atoms with E-state index < -0.39 is 0 Å². The number of nitrogens with one attached hydrogen (secondary N) is 2. The Kier molecular flexibility index (Phi) is 3.72. The Bertz CT molecular complexity index is 481. The van der Waals surface area contributed by atoms with E-state index in [1.165, 1.54) is 6.33 Å². The number of aromatic nitrogens is 3. The molecular weight excluding hydrogens is 240 g/mol. The van der Waals surface area contributed by atoms with Gasteiger partial charge in [0.05, 0.1) is 6.54 Å². The Balaban J connectivity index is 1.95. The molecule has 0 atom stereocenters. The summed E-state index contributed by atoms with van der Waals surface area (Å²) in [5.74, 6) is 0.915. The van der Waals surface area contributed by atoms with E-state index in [0.29, 0.717) is 23.8 Å². The Morgan fingerprint density at radius 1 is 1.35 bits per heavy atom. The third-order valence-corrected chi connectivity index (χ3v) is 2.56. The molecule has 0 spiro atoms. The third-order valence-electron chi connectivity index (χ3n) is 2.25. The maximum atomic E-state index is 11.7. The van der Waals surface area contributed by atoms with Crippen molar-refractivity contribution in [2.24, 2.45) is 0 Å². The van der Waals surface area contributed by atoms with Gasteiger partial charge in [-0.25, -0.2) is 4.98 Å². The van der Waals surface area contributed by atoms with Crippen LogP contribution in [0.4, 0.5) is 0 Å². The molecule has 1 heterocycles. The first-order valence-corrected chi connectivity index (χ1v) is 5.60. The maximum Gasteiger partial charge on any atom is 0.251 e. The average Bonchev–Trinajstić information content (AvgIpc) is 2.89. The smallest absolute Gasteiger partial charge is 0.251 e. The van der Waals surface area contributed by atoms with Crippen molar-refractivity contribution in [1.82, 2.24) is 20.5 Å². The van der Waals surface area contributed by atoms with E-state index in [9.17, 15) is 4.79 Å². The lowest BCUT2D eigenvalue weighted by atomic mass is 10.1. The van der Waals surface area contributed by atoms with Gasteiger partial charge in [-0.3, -0.25) is 9.89 Å². The second-order valence-corrected chi connectivity index (χ2v) is 3.71. The molecule has 17 heavy (non-hydrogen) atoms. The van der Waals surface area contributed by atoms with Gasteiger partial charge in [0.2, 0.25) is 0 Å². The first-order chi connectivity index (χ1) is 8.29. The maximum absolute atomic E-state index is 11.7. The number of carbonyl (C=O) groups excluding carboxylic acids is 1. The fourth-order valence-corrected chi connectivity index (χ4v) is 1.51. The second-order valence-electron chi connectivity index (χ2n) is 3.45. The average molecular weight is 251 g/mol. The molecule has 0 unspecified atom stereocenters. The van der Waals surface area contributed by atoms with E-state index in [1.807, 2.05) is 12.1 Å². The topological polar surface area (TPSA) is 70.7 Å². The number of benzene rings is 1. The van der Waals surface area contributed by atoms with Gasteiger partial charge in [-0.1, -0.05) is 12.1 Å². The summed E-state index contributed by atoms with van der Waals surface area (Å²) in [7, 11) is 0. The molecule has 0 saturated heterocycles. The minimum atomic E-state index is -0.150. The Morgan fingerprint density at radius 3 is 2.71 bits per heavy atom. The number of hydrogen-bond donors (Lipinski definition) is 2. The van der Waals surface area contributed by atoms with E-state index in [-0.39, 0.29) is 5.91 Å². The van der Waals surface area contributed by atoms with E-state index in [1.54, 1.807) is 12.1 Å². The summed E-state index contributed by atoms with van der Waals surface area (Å²) in [6.07, 6.45) is 1.40. The third kappa shape index (κ3) is 3.04. The molecule has 2 aromatic rings. The summed E-state index contributed by atoms with van der Waals surface area (Å²) in [4.78, 5) is 15.6.